The Morgan fingerprint density at radius 3 is 2.22 bits per heavy atom. The normalized spacial score (nSPS) is 10.5. The number of ether oxygens (including phenoxy) is 1. The Morgan fingerprint density at radius 1 is 0.667 bits per heavy atom. The first-order valence-corrected chi connectivity index (χ1v) is 6.54. The molecule has 0 amide bonds. The maximum atomic E-state index is 5.93. The molecule has 0 fully saturated rings. The Morgan fingerprint density at radius 2 is 1.39 bits per heavy atom. The topological polar surface area (TPSA) is 9.23 Å². The Labute approximate surface area is 114 Å². The summed E-state index contributed by atoms with van der Waals surface area (Å²) < 4.78 is 7.01. The van der Waals surface area contributed by atoms with Gasteiger partial charge in [0.15, 0.2) is 0 Å². The van der Waals surface area contributed by atoms with Gasteiger partial charge in [0.25, 0.3) is 0 Å². The zero-order valence-corrected chi connectivity index (χ0v) is 11.2. The lowest BCUT2D eigenvalue weighted by Crippen LogP contribution is -1.85. The van der Waals surface area contributed by atoms with E-state index in [-0.39, 0.29) is 0 Å². The Bertz CT molecular complexity index is 677. The van der Waals surface area contributed by atoms with Gasteiger partial charge in [-0.3, -0.25) is 0 Å². The van der Waals surface area contributed by atoms with E-state index in [4.69, 9.17) is 4.74 Å². The van der Waals surface area contributed by atoms with Gasteiger partial charge < -0.3 is 4.74 Å². The van der Waals surface area contributed by atoms with Crippen molar-refractivity contribution >= 4 is 26.7 Å². The van der Waals surface area contributed by atoms with Gasteiger partial charge in [0, 0.05) is 9.86 Å². The van der Waals surface area contributed by atoms with Crippen molar-refractivity contribution in [1.82, 2.24) is 0 Å². The van der Waals surface area contributed by atoms with Gasteiger partial charge in [-0.15, -0.1) is 0 Å². The summed E-state index contributed by atoms with van der Waals surface area (Å²) in [5.74, 6) is 1.73. The molecule has 3 aromatic carbocycles. The monoisotopic (exact) mass is 298 g/mol. The van der Waals surface area contributed by atoms with Crippen LogP contribution in [0.15, 0.2) is 71.2 Å². The minimum atomic E-state index is 0.852. The largest absolute Gasteiger partial charge is 0.457 e. The summed E-state index contributed by atoms with van der Waals surface area (Å²) in [4.78, 5) is 0. The van der Waals surface area contributed by atoms with Crippen LogP contribution in [0, 0.1) is 0 Å². The van der Waals surface area contributed by atoms with Gasteiger partial charge in [-0.1, -0.05) is 58.4 Å². The van der Waals surface area contributed by atoms with E-state index < -0.39 is 0 Å². The van der Waals surface area contributed by atoms with Gasteiger partial charge in [-0.2, -0.15) is 0 Å². The highest BCUT2D eigenvalue weighted by atomic mass is 79.9. The van der Waals surface area contributed by atoms with Crippen LogP contribution in [0.2, 0.25) is 0 Å². The van der Waals surface area contributed by atoms with Gasteiger partial charge in [0.2, 0.25) is 0 Å². The molecule has 0 heterocycles. The molecule has 0 saturated heterocycles. The molecule has 0 N–H and O–H groups in total. The van der Waals surface area contributed by atoms with Crippen LogP contribution in [0.3, 0.4) is 0 Å². The number of hydrogen-bond acceptors (Lipinski definition) is 1. The molecule has 0 bridgehead atoms. The van der Waals surface area contributed by atoms with Crippen LogP contribution < -0.4 is 4.74 Å². The van der Waals surface area contributed by atoms with Crippen LogP contribution in [-0.2, 0) is 0 Å². The fourth-order valence-corrected chi connectivity index (χ4v) is 2.45. The molecule has 0 aromatic heterocycles. The summed E-state index contributed by atoms with van der Waals surface area (Å²) in [6.07, 6.45) is 0. The molecule has 0 spiro atoms. The lowest BCUT2D eigenvalue weighted by molar-refractivity contribution is 0.488. The summed E-state index contributed by atoms with van der Waals surface area (Å²) in [6, 6.07) is 22.0. The molecule has 0 saturated carbocycles. The van der Waals surface area contributed by atoms with Gasteiger partial charge in [-0.05, 0) is 29.7 Å². The molecule has 0 aliphatic rings. The first-order chi connectivity index (χ1) is 8.84. The Hall–Kier alpha value is -1.80. The van der Waals surface area contributed by atoms with Crippen LogP contribution in [0.25, 0.3) is 10.8 Å². The van der Waals surface area contributed by atoms with Crippen molar-refractivity contribution in [2.24, 2.45) is 0 Å². The minimum absolute atomic E-state index is 0.852. The lowest BCUT2D eigenvalue weighted by Gasteiger charge is -2.09. The van der Waals surface area contributed by atoms with Gasteiger partial charge >= 0.3 is 0 Å². The van der Waals surface area contributed by atoms with Crippen molar-refractivity contribution in [2.75, 3.05) is 0 Å². The Kier molecular flexibility index (Phi) is 3.03. The van der Waals surface area contributed by atoms with E-state index in [9.17, 15) is 0 Å². The van der Waals surface area contributed by atoms with Crippen LogP contribution in [0.5, 0.6) is 11.5 Å². The lowest BCUT2D eigenvalue weighted by atomic mass is 10.1. The van der Waals surface area contributed by atoms with Crippen LogP contribution in [-0.4, -0.2) is 0 Å². The summed E-state index contributed by atoms with van der Waals surface area (Å²) in [7, 11) is 0. The summed E-state index contributed by atoms with van der Waals surface area (Å²) in [5, 5.41) is 2.27. The van der Waals surface area contributed by atoms with Gasteiger partial charge in [0.1, 0.15) is 11.5 Å². The van der Waals surface area contributed by atoms with E-state index in [0.29, 0.717) is 0 Å². The first kappa shape index (κ1) is 11.3. The molecular weight excluding hydrogens is 288 g/mol. The van der Waals surface area contributed by atoms with E-state index >= 15 is 0 Å². The number of para-hydroxylation sites is 1. The molecule has 0 radical (unpaired) electrons. The maximum Gasteiger partial charge on any atom is 0.135 e. The molecule has 18 heavy (non-hydrogen) atoms. The number of fused-ring (bicyclic) bond motifs is 1. The zero-order chi connectivity index (χ0) is 12.4. The minimum Gasteiger partial charge on any atom is -0.457 e. The molecule has 1 nitrogen and oxygen atoms in total. The predicted octanol–water partition coefficient (Wildman–Crippen LogP) is 5.39. The molecular formula is C16H11BrO. The summed E-state index contributed by atoms with van der Waals surface area (Å²) in [6.45, 7) is 0. The molecule has 2 heteroatoms. The number of benzene rings is 3. The number of hydrogen-bond donors (Lipinski definition) is 0. The second-order valence-electron chi connectivity index (χ2n) is 4.01. The third-order valence-corrected chi connectivity index (χ3v) is 3.49. The number of rotatable bonds is 2. The van der Waals surface area contributed by atoms with Crippen molar-refractivity contribution in [2.45, 2.75) is 0 Å². The molecule has 3 rings (SSSR count). The maximum absolute atomic E-state index is 5.93. The average Bonchev–Trinajstić information content (AvgIpc) is 2.41. The SMILES string of the molecule is Brc1cccc2c(Oc3ccccc3)cccc12. The molecule has 0 unspecified atom stereocenters. The van der Waals surface area contributed by atoms with E-state index in [1.54, 1.807) is 0 Å². The quantitative estimate of drug-likeness (QED) is 0.616. The fraction of sp³-hybridized carbons (Fsp3) is 0. The molecule has 3 aromatic rings. The second kappa shape index (κ2) is 4.83. The van der Waals surface area contributed by atoms with Gasteiger partial charge in [-0.25, -0.2) is 0 Å². The molecule has 0 atom stereocenters. The van der Waals surface area contributed by atoms with Crippen molar-refractivity contribution in [3.63, 3.8) is 0 Å². The van der Waals surface area contributed by atoms with E-state index in [1.165, 1.54) is 0 Å². The standard InChI is InChI=1S/C16H11BrO/c17-15-10-4-9-14-13(15)8-5-11-16(14)18-12-6-2-1-3-7-12/h1-11H. The van der Waals surface area contributed by atoms with Crippen molar-refractivity contribution in [3.8, 4) is 11.5 Å². The highest BCUT2D eigenvalue weighted by Crippen LogP contribution is 2.33. The van der Waals surface area contributed by atoms with E-state index in [0.717, 1.165) is 26.7 Å². The summed E-state index contributed by atoms with van der Waals surface area (Å²) >= 11 is 3.56. The fourth-order valence-electron chi connectivity index (χ4n) is 1.95. The van der Waals surface area contributed by atoms with Crippen LogP contribution in [0.1, 0.15) is 0 Å². The Balaban J connectivity index is 2.10. The third kappa shape index (κ3) is 2.12. The van der Waals surface area contributed by atoms with E-state index in [1.807, 2.05) is 54.6 Å². The second-order valence-corrected chi connectivity index (χ2v) is 4.86. The van der Waals surface area contributed by atoms with Crippen LogP contribution in [0.4, 0.5) is 0 Å². The average molecular weight is 299 g/mol. The highest BCUT2D eigenvalue weighted by Gasteiger charge is 2.04. The zero-order valence-electron chi connectivity index (χ0n) is 9.64. The van der Waals surface area contributed by atoms with Crippen molar-refractivity contribution in [1.29, 1.82) is 0 Å². The number of halogens is 1. The van der Waals surface area contributed by atoms with Crippen molar-refractivity contribution in [3.05, 3.63) is 71.2 Å². The summed E-state index contributed by atoms with van der Waals surface area (Å²) in [5.41, 5.74) is 0. The molecule has 88 valence electrons. The van der Waals surface area contributed by atoms with Crippen LogP contribution >= 0.6 is 15.9 Å². The highest BCUT2D eigenvalue weighted by molar-refractivity contribution is 9.10. The van der Waals surface area contributed by atoms with Gasteiger partial charge in [0.05, 0.1) is 0 Å². The predicted molar refractivity (Wildman–Crippen MR) is 78.2 cm³/mol. The van der Waals surface area contributed by atoms with Crippen molar-refractivity contribution < 1.29 is 4.74 Å². The molecule has 0 aliphatic carbocycles. The third-order valence-electron chi connectivity index (χ3n) is 2.80. The molecule has 0 aliphatic heterocycles. The first-order valence-electron chi connectivity index (χ1n) is 5.75. The van der Waals surface area contributed by atoms with E-state index in [2.05, 4.69) is 28.1 Å². The smallest absolute Gasteiger partial charge is 0.135 e.